The molecule has 10 N–H and O–H groups in total. The number of rotatable bonds is 2. The third-order valence-corrected chi connectivity index (χ3v) is 3.73. The van der Waals surface area contributed by atoms with Gasteiger partial charge in [-0.3, -0.25) is 0 Å². The van der Waals surface area contributed by atoms with Crippen molar-refractivity contribution >= 4 is 0 Å². The molecule has 2 rings (SSSR count). The average molecular weight is 360 g/mol. The zero-order chi connectivity index (χ0) is 18.6. The Balaban J connectivity index is 0.000000240. The fourth-order valence-corrected chi connectivity index (χ4v) is 2.16. The van der Waals surface area contributed by atoms with Crippen molar-refractivity contribution in [3.8, 4) is 0 Å². The van der Waals surface area contributed by atoms with E-state index < -0.39 is 74.6 Å². The van der Waals surface area contributed by atoms with E-state index in [9.17, 15) is 0 Å². The maximum Gasteiger partial charge on any atom is 0.184 e. The summed E-state index contributed by atoms with van der Waals surface area (Å²) in [7, 11) is 0. The largest absolute Gasteiger partial charge is 0.394 e. The van der Waals surface area contributed by atoms with Gasteiger partial charge in [-0.2, -0.15) is 0 Å². The molecule has 0 aliphatic carbocycles. The summed E-state index contributed by atoms with van der Waals surface area (Å²) in [6.07, 6.45) is -14.1. The molecule has 0 spiro atoms. The van der Waals surface area contributed by atoms with Gasteiger partial charge in [0.05, 0.1) is 13.2 Å². The highest BCUT2D eigenvalue weighted by Gasteiger charge is 2.43. The molecule has 0 aromatic heterocycles. The molecular weight excluding hydrogens is 336 g/mol. The van der Waals surface area contributed by atoms with Crippen LogP contribution in [0.25, 0.3) is 0 Å². The Morgan fingerprint density at radius 1 is 0.458 bits per heavy atom. The lowest BCUT2D eigenvalue weighted by Crippen LogP contribution is -2.58. The summed E-state index contributed by atoms with van der Waals surface area (Å²) in [5.41, 5.74) is 0. The van der Waals surface area contributed by atoms with Gasteiger partial charge in [0.25, 0.3) is 0 Å². The van der Waals surface area contributed by atoms with Crippen molar-refractivity contribution in [1.82, 2.24) is 0 Å². The molecule has 0 aromatic carbocycles. The summed E-state index contributed by atoms with van der Waals surface area (Å²) in [6.45, 7) is -1.05. The zero-order valence-electron chi connectivity index (χ0n) is 12.5. The molecule has 0 unspecified atom stereocenters. The summed E-state index contributed by atoms with van der Waals surface area (Å²) in [6, 6.07) is 0. The Morgan fingerprint density at radius 3 is 1.00 bits per heavy atom. The van der Waals surface area contributed by atoms with Crippen molar-refractivity contribution in [1.29, 1.82) is 0 Å². The van der Waals surface area contributed by atoms with Crippen LogP contribution in [0.2, 0.25) is 0 Å². The fraction of sp³-hybridized carbons (Fsp3) is 1.00. The summed E-state index contributed by atoms with van der Waals surface area (Å²) in [5.74, 6) is 0. The predicted octanol–water partition coefficient (Wildman–Crippen LogP) is -6.44. The van der Waals surface area contributed by atoms with Crippen LogP contribution in [0, 0.1) is 0 Å². The molecular formula is C12H24O12. The Labute approximate surface area is 136 Å². The van der Waals surface area contributed by atoms with E-state index in [1.165, 1.54) is 0 Å². The Kier molecular flexibility index (Phi) is 8.34. The summed E-state index contributed by atoms with van der Waals surface area (Å²) in [5, 5.41) is 89.3. The minimum atomic E-state index is -1.57. The van der Waals surface area contributed by atoms with Crippen LogP contribution in [0.4, 0.5) is 0 Å². The van der Waals surface area contributed by atoms with Gasteiger partial charge in [-0.15, -0.1) is 0 Å². The van der Waals surface area contributed by atoms with Gasteiger partial charge in [0, 0.05) is 0 Å². The third-order valence-electron chi connectivity index (χ3n) is 3.73. The van der Waals surface area contributed by atoms with E-state index in [0.717, 1.165) is 0 Å². The molecule has 2 aliphatic rings. The second-order valence-electron chi connectivity index (χ2n) is 5.44. The molecule has 2 saturated heterocycles. The standard InChI is InChI=1S/2C6H12O6/c2*7-1-2-3(8)4(9)5(10)6(11)12-2/h2*2-11H,1H2/t2*2-,3-,4+,5-,6-/m11/s1. The normalized spacial score (nSPS) is 49.2. The second-order valence-corrected chi connectivity index (χ2v) is 5.44. The zero-order valence-corrected chi connectivity index (χ0v) is 12.5. The van der Waals surface area contributed by atoms with Gasteiger partial charge >= 0.3 is 0 Å². The Morgan fingerprint density at radius 2 is 0.750 bits per heavy atom. The van der Waals surface area contributed by atoms with Gasteiger partial charge in [0.2, 0.25) is 0 Å². The van der Waals surface area contributed by atoms with Crippen molar-refractivity contribution in [2.45, 2.75) is 61.4 Å². The van der Waals surface area contributed by atoms with E-state index >= 15 is 0 Å². The van der Waals surface area contributed by atoms with E-state index in [4.69, 9.17) is 51.1 Å². The maximum atomic E-state index is 9.12. The summed E-state index contributed by atoms with van der Waals surface area (Å²) in [4.78, 5) is 0. The van der Waals surface area contributed by atoms with Crippen molar-refractivity contribution in [3.63, 3.8) is 0 Å². The molecule has 2 heterocycles. The number of hydrogen-bond acceptors (Lipinski definition) is 12. The highest BCUT2D eigenvalue weighted by molar-refractivity contribution is 4.88. The molecule has 12 nitrogen and oxygen atoms in total. The lowest BCUT2D eigenvalue weighted by atomic mass is 10.00. The first-order valence-electron chi connectivity index (χ1n) is 7.12. The van der Waals surface area contributed by atoms with Crippen LogP contribution in [0.1, 0.15) is 0 Å². The van der Waals surface area contributed by atoms with Crippen LogP contribution in [-0.2, 0) is 9.47 Å². The number of aliphatic hydroxyl groups is 10. The topological polar surface area (TPSA) is 221 Å². The minimum Gasteiger partial charge on any atom is -0.394 e. The molecule has 0 radical (unpaired) electrons. The lowest BCUT2D eigenvalue weighted by Gasteiger charge is -2.37. The smallest absolute Gasteiger partial charge is 0.184 e. The first-order valence-corrected chi connectivity index (χ1v) is 7.12. The monoisotopic (exact) mass is 360 g/mol. The second kappa shape index (κ2) is 9.28. The number of hydrogen-bond donors (Lipinski definition) is 10. The van der Waals surface area contributed by atoms with Crippen LogP contribution in [-0.4, -0.2) is 126 Å². The van der Waals surface area contributed by atoms with Crippen LogP contribution in [0.5, 0.6) is 0 Å². The van der Waals surface area contributed by atoms with Crippen LogP contribution in [0.15, 0.2) is 0 Å². The van der Waals surface area contributed by atoms with Gasteiger partial charge in [-0.1, -0.05) is 0 Å². The average Bonchev–Trinajstić information content (AvgIpc) is 2.58. The minimum absolute atomic E-state index is 0.526. The SMILES string of the molecule is OC[C@H]1O[C@@H](O)[C@H](O)[C@@H](O)[C@@H]1O.OC[C@H]1O[C@@H](O)[C@H](O)[C@@H](O)[C@@H]1O. The number of ether oxygens (including phenoxy) is 2. The Bertz CT molecular complexity index is 326. The van der Waals surface area contributed by atoms with Crippen LogP contribution >= 0.6 is 0 Å². The van der Waals surface area contributed by atoms with Gasteiger partial charge in [-0.05, 0) is 0 Å². The third kappa shape index (κ3) is 4.78. The molecule has 0 amide bonds. The van der Waals surface area contributed by atoms with Crippen molar-refractivity contribution < 1.29 is 60.5 Å². The predicted molar refractivity (Wildman–Crippen MR) is 72.0 cm³/mol. The molecule has 10 atom stereocenters. The molecule has 12 heteroatoms. The first kappa shape index (κ1) is 21.6. The van der Waals surface area contributed by atoms with E-state index in [1.54, 1.807) is 0 Å². The van der Waals surface area contributed by atoms with Gasteiger partial charge in [-0.25, -0.2) is 0 Å². The fourth-order valence-electron chi connectivity index (χ4n) is 2.16. The van der Waals surface area contributed by atoms with E-state index in [2.05, 4.69) is 9.47 Å². The van der Waals surface area contributed by atoms with Crippen molar-refractivity contribution in [2.24, 2.45) is 0 Å². The summed E-state index contributed by atoms with van der Waals surface area (Å²) >= 11 is 0. The first-order chi connectivity index (χ1) is 11.1. The highest BCUT2D eigenvalue weighted by Crippen LogP contribution is 2.19. The molecule has 0 saturated carbocycles. The van der Waals surface area contributed by atoms with E-state index in [0.29, 0.717) is 0 Å². The quantitative estimate of drug-likeness (QED) is 0.222. The van der Waals surface area contributed by atoms with Crippen molar-refractivity contribution in [2.75, 3.05) is 13.2 Å². The molecule has 2 aliphatic heterocycles. The van der Waals surface area contributed by atoms with Crippen molar-refractivity contribution in [3.05, 3.63) is 0 Å². The molecule has 0 bridgehead atoms. The van der Waals surface area contributed by atoms with E-state index in [1.807, 2.05) is 0 Å². The maximum absolute atomic E-state index is 9.12. The lowest BCUT2D eigenvalue weighted by molar-refractivity contribution is -0.286. The van der Waals surface area contributed by atoms with Gasteiger partial charge in [0.15, 0.2) is 12.6 Å². The van der Waals surface area contributed by atoms with Gasteiger partial charge in [0.1, 0.15) is 48.8 Å². The molecule has 144 valence electrons. The summed E-state index contributed by atoms with van der Waals surface area (Å²) < 4.78 is 9.15. The molecule has 2 fully saturated rings. The van der Waals surface area contributed by atoms with Crippen LogP contribution in [0.3, 0.4) is 0 Å². The van der Waals surface area contributed by atoms with E-state index in [-0.39, 0.29) is 0 Å². The molecule has 0 aromatic rings. The Hall–Kier alpha value is -0.480. The van der Waals surface area contributed by atoms with Gasteiger partial charge < -0.3 is 60.5 Å². The molecule has 24 heavy (non-hydrogen) atoms. The number of aliphatic hydroxyl groups excluding tert-OH is 10. The highest BCUT2D eigenvalue weighted by atomic mass is 16.6. The van der Waals surface area contributed by atoms with Crippen LogP contribution < -0.4 is 0 Å².